The molecule has 0 fully saturated rings. The molecule has 2 rings (SSSR count). The Hall–Kier alpha value is -1.13. The molecule has 21 heavy (non-hydrogen) atoms. The molecule has 3 nitrogen and oxygen atoms in total. The number of benzene rings is 1. The molecule has 1 heterocycles. The average Bonchev–Trinajstić information content (AvgIpc) is 2.44. The van der Waals surface area contributed by atoms with Gasteiger partial charge in [-0.15, -0.1) is 0 Å². The summed E-state index contributed by atoms with van der Waals surface area (Å²) in [5.74, 6) is 1.85. The van der Waals surface area contributed by atoms with Gasteiger partial charge in [0, 0.05) is 28.3 Å². The van der Waals surface area contributed by atoms with Gasteiger partial charge in [0.2, 0.25) is 0 Å². The minimum Gasteiger partial charge on any atom is -0.370 e. The third-order valence-electron chi connectivity index (χ3n) is 3.07. The van der Waals surface area contributed by atoms with Crippen LogP contribution in [0, 0.1) is 0 Å². The molecule has 0 radical (unpaired) electrons. The van der Waals surface area contributed by atoms with Crippen LogP contribution in [0.4, 0.5) is 5.82 Å². The fraction of sp³-hybridized carbons (Fsp3) is 0.375. The normalized spacial score (nSPS) is 11.0. The average molecular weight is 369 g/mol. The topological polar surface area (TPSA) is 37.8 Å². The molecule has 0 bridgehead atoms. The molecule has 1 N–H and O–H groups in total. The maximum absolute atomic E-state index is 6.32. The zero-order valence-electron chi connectivity index (χ0n) is 12.5. The summed E-state index contributed by atoms with van der Waals surface area (Å²) in [6.45, 7) is 7.27. The van der Waals surface area contributed by atoms with Crippen LogP contribution in [0.5, 0.6) is 0 Å². The summed E-state index contributed by atoms with van der Waals surface area (Å²) in [6.07, 6.45) is 1.05. The summed E-state index contributed by atoms with van der Waals surface area (Å²) in [5, 5.41) is 3.97. The lowest BCUT2D eigenvalue weighted by Crippen LogP contribution is -2.06. The lowest BCUT2D eigenvalue weighted by atomic mass is 10.1. The van der Waals surface area contributed by atoms with E-state index in [1.165, 1.54) is 0 Å². The van der Waals surface area contributed by atoms with Crippen LogP contribution in [0.3, 0.4) is 0 Å². The second-order valence-corrected chi connectivity index (χ2v) is 6.53. The van der Waals surface area contributed by atoms with Crippen molar-refractivity contribution >= 4 is 33.3 Å². The SMILES string of the molecule is CCCNc1cc(C(C)C)nc(-c2ccc(Br)cc2Cl)n1. The van der Waals surface area contributed by atoms with Gasteiger partial charge in [0.1, 0.15) is 5.82 Å². The third-order valence-corrected chi connectivity index (χ3v) is 3.87. The van der Waals surface area contributed by atoms with E-state index in [2.05, 4.69) is 52.0 Å². The highest BCUT2D eigenvalue weighted by atomic mass is 79.9. The van der Waals surface area contributed by atoms with Gasteiger partial charge in [-0.25, -0.2) is 9.97 Å². The van der Waals surface area contributed by atoms with Gasteiger partial charge in [-0.2, -0.15) is 0 Å². The molecule has 1 aromatic heterocycles. The van der Waals surface area contributed by atoms with Crippen LogP contribution in [0.2, 0.25) is 5.02 Å². The maximum atomic E-state index is 6.32. The molecular formula is C16H19BrClN3. The Morgan fingerprint density at radius 3 is 2.62 bits per heavy atom. The number of hydrogen-bond acceptors (Lipinski definition) is 3. The molecule has 112 valence electrons. The summed E-state index contributed by atoms with van der Waals surface area (Å²) in [4.78, 5) is 9.24. The van der Waals surface area contributed by atoms with E-state index in [9.17, 15) is 0 Å². The van der Waals surface area contributed by atoms with Crippen molar-refractivity contribution in [3.05, 3.63) is 39.5 Å². The maximum Gasteiger partial charge on any atom is 0.163 e. The molecule has 0 atom stereocenters. The van der Waals surface area contributed by atoms with Crippen molar-refractivity contribution < 1.29 is 0 Å². The van der Waals surface area contributed by atoms with E-state index in [1.807, 2.05) is 24.3 Å². The zero-order chi connectivity index (χ0) is 15.4. The monoisotopic (exact) mass is 367 g/mol. The third kappa shape index (κ3) is 4.17. The molecule has 0 saturated heterocycles. The van der Waals surface area contributed by atoms with Crippen molar-refractivity contribution in [2.24, 2.45) is 0 Å². The number of hydrogen-bond donors (Lipinski definition) is 1. The van der Waals surface area contributed by atoms with Crippen LogP contribution in [0.15, 0.2) is 28.7 Å². The molecular weight excluding hydrogens is 350 g/mol. The smallest absolute Gasteiger partial charge is 0.163 e. The Bertz CT molecular complexity index is 629. The van der Waals surface area contributed by atoms with Crippen molar-refractivity contribution in [2.45, 2.75) is 33.1 Å². The molecule has 2 aromatic rings. The van der Waals surface area contributed by atoms with Gasteiger partial charge in [-0.05, 0) is 30.5 Å². The Morgan fingerprint density at radius 2 is 2.00 bits per heavy atom. The van der Waals surface area contributed by atoms with E-state index in [4.69, 9.17) is 11.6 Å². The predicted octanol–water partition coefficient (Wildman–Crippen LogP) is 5.50. The number of anilines is 1. The standard InChI is InChI=1S/C16H19BrClN3/c1-4-7-19-15-9-14(10(2)3)20-16(21-15)12-6-5-11(17)8-13(12)18/h5-6,8-10H,4,7H2,1-3H3,(H,19,20,21). The van der Waals surface area contributed by atoms with Crippen molar-refractivity contribution in [1.29, 1.82) is 0 Å². The van der Waals surface area contributed by atoms with E-state index in [-0.39, 0.29) is 0 Å². The van der Waals surface area contributed by atoms with Crippen molar-refractivity contribution in [3.8, 4) is 11.4 Å². The minimum absolute atomic E-state index is 0.336. The summed E-state index contributed by atoms with van der Waals surface area (Å²) >= 11 is 9.74. The highest BCUT2D eigenvalue weighted by molar-refractivity contribution is 9.10. The van der Waals surface area contributed by atoms with Gasteiger partial charge in [-0.3, -0.25) is 0 Å². The number of halogens is 2. The molecule has 0 amide bonds. The highest BCUT2D eigenvalue weighted by Crippen LogP contribution is 2.30. The van der Waals surface area contributed by atoms with Crippen LogP contribution in [0.1, 0.15) is 38.8 Å². The Morgan fingerprint density at radius 1 is 1.24 bits per heavy atom. The van der Waals surface area contributed by atoms with E-state index in [1.54, 1.807) is 0 Å². The Kier molecular flexibility index (Phi) is 5.59. The van der Waals surface area contributed by atoms with E-state index >= 15 is 0 Å². The van der Waals surface area contributed by atoms with Crippen LogP contribution in [-0.4, -0.2) is 16.5 Å². The van der Waals surface area contributed by atoms with Gasteiger partial charge < -0.3 is 5.32 Å². The van der Waals surface area contributed by atoms with Crippen LogP contribution < -0.4 is 5.32 Å². The number of nitrogens with zero attached hydrogens (tertiary/aromatic N) is 2. The lowest BCUT2D eigenvalue weighted by Gasteiger charge is -2.12. The van der Waals surface area contributed by atoms with Gasteiger partial charge in [0.05, 0.1) is 5.02 Å². The lowest BCUT2D eigenvalue weighted by molar-refractivity contribution is 0.816. The van der Waals surface area contributed by atoms with Gasteiger partial charge in [0.15, 0.2) is 5.82 Å². The largest absolute Gasteiger partial charge is 0.370 e. The van der Waals surface area contributed by atoms with Crippen LogP contribution in [-0.2, 0) is 0 Å². The van der Waals surface area contributed by atoms with Gasteiger partial charge in [0.25, 0.3) is 0 Å². The van der Waals surface area contributed by atoms with Crippen molar-refractivity contribution in [2.75, 3.05) is 11.9 Å². The first-order valence-corrected chi connectivity index (χ1v) is 8.26. The summed E-state index contributed by atoms with van der Waals surface area (Å²) in [5.41, 5.74) is 1.86. The van der Waals surface area contributed by atoms with Crippen LogP contribution >= 0.6 is 27.5 Å². The predicted molar refractivity (Wildman–Crippen MR) is 93.0 cm³/mol. The summed E-state index contributed by atoms with van der Waals surface area (Å²) < 4.78 is 0.945. The number of nitrogens with one attached hydrogen (secondary N) is 1. The molecule has 0 unspecified atom stereocenters. The first-order valence-electron chi connectivity index (χ1n) is 7.09. The van der Waals surface area contributed by atoms with Crippen LogP contribution in [0.25, 0.3) is 11.4 Å². The first-order chi connectivity index (χ1) is 10.0. The van der Waals surface area contributed by atoms with E-state index in [0.29, 0.717) is 16.8 Å². The fourth-order valence-electron chi connectivity index (χ4n) is 1.90. The zero-order valence-corrected chi connectivity index (χ0v) is 14.8. The van der Waals surface area contributed by atoms with Gasteiger partial charge in [-0.1, -0.05) is 48.3 Å². The number of aromatic nitrogens is 2. The molecule has 5 heteroatoms. The number of rotatable bonds is 5. The van der Waals surface area contributed by atoms with Crippen molar-refractivity contribution in [3.63, 3.8) is 0 Å². The van der Waals surface area contributed by atoms with E-state index < -0.39 is 0 Å². The molecule has 0 aliphatic heterocycles. The molecule has 0 saturated carbocycles. The minimum atomic E-state index is 0.336. The molecule has 1 aromatic carbocycles. The second kappa shape index (κ2) is 7.23. The van der Waals surface area contributed by atoms with Crippen molar-refractivity contribution in [1.82, 2.24) is 9.97 Å². The van der Waals surface area contributed by atoms with E-state index in [0.717, 1.165) is 34.5 Å². The first kappa shape index (κ1) is 16.2. The van der Waals surface area contributed by atoms with Gasteiger partial charge >= 0.3 is 0 Å². The second-order valence-electron chi connectivity index (χ2n) is 5.21. The molecule has 0 aliphatic carbocycles. The summed E-state index contributed by atoms with van der Waals surface area (Å²) in [6, 6.07) is 7.76. The Balaban J connectivity index is 2.48. The Labute approximate surface area is 139 Å². The molecule has 0 spiro atoms. The molecule has 0 aliphatic rings. The highest BCUT2D eigenvalue weighted by Gasteiger charge is 2.12. The quantitative estimate of drug-likeness (QED) is 0.756. The fourth-order valence-corrected chi connectivity index (χ4v) is 2.65. The summed E-state index contributed by atoms with van der Waals surface area (Å²) in [7, 11) is 0.